The van der Waals surface area contributed by atoms with Crippen molar-refractivity contribution >= 4 is 40.6 Å². The Bertz CT molecular complexity index is 886. The van der Waals surface area contributed by atoms with Crippen LogP contribution in [0.2, 0.25) is 0 Å². The van der Waals surface area contributed by atoms with Gasteiger partial charge in [0.1, 0.15) is 17.5 Å². The van der Waals surface area contributed by atoms with Gasteiger partial charge in [-0.1, -0.05) is 19.1 Å². The summed E-state index contributed by atoms with van der Waals surface area (Å²) < 4.78 is 20.2. The number of anilines is 2. The molecule has 3 aliphatic rings. The van der Waals surface area contributed by atoms with Crippen molar-refractivity contribution in [2.24, 2.45) is 0 Å². The topological polar surface area (TPSA) is 85.4 Å². The summed E-state index contributed by atoms with van der Waals surface area (Å²) in [5, 5.41) is 13.1. The van der Waals surface area contributed by atoms with Crippen molar-refractivity contribution in [1.29, 1.82) is 0 Å². The normalized spacial score (nSPS) is 22.4. The second-order valence-corrected chi connectivity index (χ2v) is 8.71. The lowest BCUT2D eigenvalue weighted by Gasteiger charge is -2.37. The van der Waals surface area contributed by atoms with Crippen LogP contribution in [0, 0.1) is 5.82 Å². The van der Waals surface area contributed by atoms with Crippen LogP contribution in [-0.2, 0) is 9.53 Å². The number of ether oxygens (including phenoxy) is 1. The van der Waals surface area contributed by atoms with Gasteiger partial charge in [0.25, 0.3) is 5.91 Å². The van der Waals surface area contributed by atoms with Gasteiger partial charge >= 0.3 is 6.09 Å². The van der Waals surface area contributed by atoms with Crippen LogP contribution in [-0.4, -0.2) is 78.0 Å². The molecule has 2 amide bonds. The fourth-order valence-corrected chi connectivity index (χ4v) is 3.97. The highest BCUT2D eigenvalue weighted by atomic mass is 32.1. The van der Waals surface area contributed by atoms with E-state index in [2.05, 4.69) is 5.32 Å². The minimum atomic E-state index is -1.17. The van der Waals surface area contributed by atoms with E-state index in [4.69, 9.17) is 17.0 Å². The van der Waals surface area contributed by atoms with Crippen molar-refractivity contribution in [3.8, 4) is 0 Å². The number of thiocarbonyl (C=S) groups is 1. The summed E-state index contributed by atoms with van der Waals surface area (Å²) in [4.78, 5) is 30.1. The molecule has 1 aromatic carbocycles. The van der Waals surface area contributed by atoms with Gasteiger partial charge in [-0.25, -0.2) is 9.18 Å². The molecule has 168 valence electrons. The van der Waals surface area contributed by atoms with Crippen LogP contribution >= 0.6 is 12.2 Å². The lowest BCUT2D eigenvalue weighted by Crippen LogP contribution is -2.52. The first-order valence-electron chi connectivity index (χ1n) is 10.6. The largest absolute Gasteiger partial charge is 0.442 e. The summed E-state index contributed by atoms with van der Waals surface area (Å²) in [5.74, 6) is -0.654. The van der Waals surface area contributed by atoms with E-state index in [0.29, 0.717) is 68.5 Å². The third-order valence-corrected chi connectivity index (χ3v) is 6.43. The summed E-state index contributed by atoms with van der Waals surface area (Å²) in [6.07, 6.45) is 0.889. The van der Waals surface area contributed by atoms with E-state index < -0.39 is 17.5 Å². The first-order valence-corrected chi connectivity index (χ1v) is 11.0. The second kappa shape index (κ2) is 8.58. The van der Waals surface area contributed by atoms with Crippen molar-refractivity contribution in [2.75, 3.05) is 49.1 Å². The van der Waals surface area contributed by atoms with Gasteiger partial charge in [-0.15, -0.1) is 0 Å². The average molecular weight is 451 g/mol. The van der Waals surface area contributed by atoms with E-state index in [9.17, 15) is 19.1 Å². The number of hydrogen-bond donors (Lipinski definition) is 2. The number of carbonyl (C=O) groups is 2. The molecule has 0 unspecified atom stereocenters. The molecule has 2 heterocycles. The minimum absolute atomic E-state index is 0.223. The first-order chi connectivity index (χ1) is 14.8. The molecule has 8 nitrogen and oxygen atoms in total. The van der Waals surface area contributed by atoms with Gasteiger partial charge in [0.05, 0.1) is 29.5 Å². The van der Waals surface area contributed by atoms with E-state index in [1.165, 1.54) is 11.0 Å². The van der Waals surface area contributed by atoms with Crippen LogP contribution in [0.1, 0.15) is 26.2 Å². The molecule has 0 bridgehead atoms. The summed E-state index contributed by atoms with van der Waals surface area (Å²) in [6.45, 7) is 4.53. The maximum absolute atomic E-state index is 14.9. The van der Waals surface area contributed by atoms with Gasteiger partial charge in [0, 0.05) is 26.2 Å². The molecular formula is C21H27FN4O4S. The van der Waals surface area contributed by atoms with Gasteiger partial charge in [-0.2, -0.15) is 0 Å². The Labute approximate surface area is 185 Å². The molecule has 1 atom stereocenters. The standard InChI is InChI=1S/C21H27FN4O4S/c1-2-18(31)23-12-15-13-26(20(28)30-15)14-3-4-17(16(22)11-14)24-7-9-25(10-8-24)19(27)21(29)5-6-21/h3-4,11,15,29H,2,5-10,12-13H2,1H3,(H,23,31)/t15-/m0/s1. The van der Waals surface area contributed by atoms with Gasteiger partial charge < -0.3 is 25.0 Å². The van der Waals surface area contributed by atoms with Crippen LogP contribution in [0.25, 0.3) is 0 Å². The number of piperazine rings is 1. The molecule has 2 N–H and O–H groups in total. The third-order valence-electron chi connectivity index (χ3n) is 5.99. The minimum Gasteiger partial charge on any atom is -0.442 e. The molecular weight excluding hydrogens is 423 g/mol. The molecule has 0 aromatic heterocycles. The number of rotatable bonds is 6. The highest BCUT2D eigenvalue weighted by Gasteiger charge is 2.50. The van der Waals surface area contributed by atoms with Crippen LogP contribution < -0.4 is 15.1 Å². The number of carbonyl (C=O) groups excluding carboxylic acids is 2. The van der Waals surface area contributed by atoms with Crippen molar-refractivity contribution < 1.29 is 23.8 Å². The highest BCUT2D eigenvalue weighted by Crippen LogP contribution is 2.37. The van der Waals surface area contributed by atoms with Crippen LogP contribution in [0.4, 0.5) is 20.6 Å². The van der Waals surface area contributed by atoms with Gasteiger partial charge in [-0.05, 0) is 37.5 Å². The highest BCUT2D eigenvalue weighted by molar-refractivity contribution is 7.80. The zero-order valence-electron chi connectivity index (χ0n) is 17.5. The van der Waals surface area contributed by atoms with Gasteiger partial charge in [0.2, 0.25) is 0 Å². The predicted molar refractivity (Wildman–Crippen MR) is 118 cm³/mol. The maximum Gasteiger partial charge on any atom is 0.414 e. The van der Waals surface area contributed by atoms with Crippen LogP contribution in [0.15, 0.2) is 18.2 Å². The lowest BCUT2D eigenvalue weighted by atomic mass is 10.2. The first kappa shape index (κ1) is 21.8. The molecule has 1 aliphatic carbocycles. The number of cyclic esters (lactones) is 1. The number of nitrogens with zero attached hydrogens (tertiary/aromatic N) is 3. The Hall–Kier alpha value is -2.46. The van der Waals surface area contributed by atoms with Crippen molar-refractivity contribution in [3.63, 3.8) is 0 Å². The van der Waals surface area contributed by atoms with Crippen molar-refractivity contribution in [1.82, 2.24) is 10.2 Å². The molecule has 31 heavy (non-hydrogen) atoms. The molecule has 2 aliphatic heterocycles. The van der Waals surface area contributed by atoms with E-state index in [-0.39, 0.29) is 12.0 Å². The number of halogens is 1. The SMILES string of the molecule is CCC(=S)NC[C@H]1CN(c2ccc(N3CCN(C(=O)C4(O)CC4)CC3)c(F)c2)C(=O)O1. The number of aliphatic hydroxyl groups is 1. The molecule has 0 spiro atoms. The number of benzene rings is 1. The van der Waals surface area contributed by atoms with Crippen LogP contribution in [0.5, 0.6) is 0 Å². The Kier molecular flexibility index (Phi) is 6.02. The zero-order valence-corrected chi connectivity index (χ0v) is 18.3. The lowest BCUT2D eigenvalue weighted by molar-refractivity contribution is -0.142. The maximum atomic E-state index is 14.9. The number of nitrogens with one attached hydrogen (secondary N) is 1. The van der Waals surface area contributed by atoms with Crippen molar-refractivity contribution in [3.05, 3.63) is 24.0 Å². The van der Waals surface area contributed by atoms with E-state index in [1.54, 1.807) is 17.0 Å². The van der Waals surface area contributed by atoms with Crippen molar-refractivity contribution in [2.45, 2.75) is 37.9 Å². The molecule has 3 fully saturated rings. The molecule has 10 heteroatoms. The van der Waals surface area contributed by atoms with E-state index in [0.717, 1.165) is 6.42 Å². The Morgan fingerprint density at radius 2 is 2.03 bits per heavy atom. The molecule has 1 aromatic rings. The Morgan fingerprint density at radius 3 is 2.65 bits per heavy atom. The molecule has 4 rings (SSSR count). The summed E-state index contributed by atoms with van der Waals surface area (Å²) in [7, 11) is 0. The Morgan fingerprint density at radius 1 is 1.32 bits per heavy atom. The monoisotopic (exact) mass is 450 g/mol. The fraction of sp³-hybridized carbons (Fsp3) is 0.571. The molecule has 1 saturated carbocycles. The Balaban J connectivity index is 1.36. The zero-order chi connectivity index (χ0) is 22.2. The summed E-state index contributed by atoms with van der Waals surface area (Å²) >= 11 is 5.12. The molecule has 0 radical (unpaired) electrons. The van der Waals surface area contributed by atoms with E-state index in [1.807, 2.05) is 11.8 Å². The molecule has 2 saturated heterocycles. The van der Waals surface area contributed by atoms with Gasteiger partial charge in [-0.3, -0.25) is 9.69 Å². The summed E-state index contributed by atoms with van der Waals surface area (Å²) in [5.41, 5.74) is -0.300. The van der Waals surface area contributed by atoms with Crippen LogP contribution in [0.3, 0.4) is 0 Å². The quantitative estimate of drug-likeness (QED) is 0.638. The average Bonchev–Trinajstić information content (AvgIpc) is 3.42. The van der Waals surface area contributed by atoms with Gasteiger partial charge in [0.15, 0.2) is 0 Å². The number of amides is 2. The third kappa shape index (κ3) is 4.59. The predicted octanol–water partition coefficient (Wildman–Crippen LogP) is 1.65. The smallest absolute Gasteiger partial charge is 0.414 e. The van der Waals surface area contributed by atoms with E-state index >= 15 is 0 Å². The summed E-state index contributed by atoms with van der Waals surface area (Å²) in [6, 6.07) is 4.70. The second-order valence-electron chi connectivity index (χ2n) is 8.22. The number of hydrogen-bond acceptors (Lipinski definition) is 6. The fourth-order valence-electron chi connectivity index (χ4n) is 3.89.